The number of imidazole rings is 1. The smallest absolute Gasteiger partial charge is 0.261 e. The lowest BCUT2D eigenvalue weighted by Gasteiger charge is -2.28. The Bertz CT molecular complexity index is 1250. The molecule has 0 aliphatic carbocycles. The molecule has 4 nitrogen and oxygen atoms in total. The Balaban J connectivity index is 1.36. The van der Waals surface area contributed by atoms with E-state index in [1.807, 2.05) is 18.3 Å². The number of rotatable bonds is 3. The van der Waals surface area contributed by atoms with Crippen LogP contribution in [0.4, 0.5) is 19.0 Å². The third-order valence-corrected chi connectivity index (χ3v) is 6.93. The van der Waals surface area contributed by atoms with Crippen molar-refractivity contribution in [2.45, 2.75) is 24.9 Å². The van der Waals surface area contributed by atoms with E-state index in [9.17, 15) is 13.2 Å². The molecule has 0 spiro atoms. The first-order valence-corrected chi connectivity index (χ1v) is 11.4. The minimum absolute atomic E-state index is 0.236. The highest BCUT2D eigenvalue weighted by molar-refractivity contribution is 6.42. The molecule has 1 aliphatic heterocycles. The van der Waals surface area contributed by atoms with Crippen LogP contribution in [0.2, 0.25) is 10.0 Å². The number of hydrogen-bond donors (Lipinski definition) is 1. The molecular weight excluding hydrogens is 472 g/mol. The molecule has 3 N–H and O–H groups in total. The summed E-state index contributed by atoms with van der Waals surface area (Å²) in [5, 5.41) is 0.965. The average Bonchev–Trinajstić information content (AvgIpc) is 3.21. The second kappa shape index (κ2) is 8.54. The Morgan fingerprint density at radius 2 is 1.67 bits per heavy atom. The molecule has 1 aliphatic rings. The molecule has 0 amide bonds. The van der Waals surface area contributed by atoms with Crippen LogP contribution in [0.3, 0.4) is 0 Å². The maximum Gasteiger partial charge on any atom is 0.416 e. The van der Waals surface area contributed by atoms with Crippen molar-refractivity contribution in [3.8, 4) is 11.4 Å². The van der Waals surface area contributed by atoms with Gasteiger partial charge in [-0.3, -0.25) is 4.90 Å². The molecule has 1 fully saturated rings. The second-order valence-electron chi connectivity index (χ2n) is 8.25. The maximum absolute atomic E-state index is 12.9. The molecule has 0 radical (unpaired) electrons. The number of hydrogen-bond acceptors (Lipinski definition) is 1. The van der Waals surface area contributed by atoms with Gasteiger partial charge in [0.25, 0.3) is 11.6 Å². The Kier molecular flexibility index (Phi) is 5.70. The lowest BCUT2D eigenvalue weighted by atomic mass is 9.89. The van der Waals surface area contributed by atoms with Gasteiger partial charge < -0.3 is 0 Å². The highest BCUT2D eigenvalue weighted by atomic mass is 35.5. The van der Waals surface area contributed by atoms with E-state index in [0.717, 1.165) is 59.7 Å². The first-order chi connectivity index (χ1) is 15.8. The van der Waals surface area contributed by atoms with Gasteiger partial charge in [0.15, 0.2) is 16.6 Å². The first kappa shape index (κ1) is 22.0. The van der Waals surface area contributed by atoms with E-state index >= 15 is 0 Å². The lowest BCUT2D eigenvalue weighted by Crippen LogP contribution is -2.37. The average molecular weight is 493 g/mol. The standard InChI is InChI=1S/C24H19Cl2F3N4/c25-18-12-20-21(13-19(18)26)32-22(31-20)17-2-1-9-30-23(17)33-10-7-15(8-11-33)14-3-5-16(6-4-14)24(27,28)29/h1-6,9,12-13,15H,7-8,10-11H2,(H,31,32)/p+2. The molecule has 4 aromatic rings. The molecule has 3 heterocycles. The molecule has 2 aromatic heterocycles. The van der Waals surface area contributed by atoms with E-state index in [2.05, 4.69) is 19.9 Å². The fraction of sp³-hybridized carbons (Fsp3) is 0.250. The van der Waals surface area contributed by atoms with Crippen molar-refractivity contribution >= 4 is 40.1 Å². The molecular formula is C24H21Cl2F3N4+2. The Morgan fingerprint density at radius 3 is 2.36 bits per heavy atom. The van der Waals surface area contributed by atoms with Crippen molar-refractivity contribution in [2.75, 3.05) is 18.0 Å². The number of pyridine rings is 1. The number of H-pyrrole nitrogens is 3. The quantitative estimate of drug-likeness (QED) is 0.365. The minimum atomic E-state index is -4.31. The van der Waals surface area contributed by atoms with Crippen molar-refractivity contribution in [2.24, 2.45) is 0 Å². The molecule has 5 rings (SSSR count). The Labute approximate surface area is 198 Å². The summed E-state index contributed by atoms with van der Waals surface area (Å²) in [6.07, 6.45) is -0.709. The van der Waals surface area contributed by atoms with Gasteiger partial charge >= 0.3 is 6.18 Å². The molecule has 0 saturated carbocycles. The number of anilines is 1. The van der Waals surface area contributed by atoms with Gasteiger partial charge in [0, 0.05) is 12.1 Å². The Morgan fingerprint density at radius 1 is 0.970 bits per heavy atom. The van der Waals surface area contributed by atoms with Crippen molar-refractivity contribution in [3.05, 3.63) is 75.9 Å². The SMILES string of the molecule is FC(F)(F)c1ccc(C2CCN(c3[nH+]cccc3-c3[nH]c4cc(Cl)c(Cl)cc4[nH+]3)CC2)cc1. The van der Waals surface area contributed by atoms with Gasteiger partial charge in [-0.2, -0.15) is 13.2 Å². The monoisotopic (exact) mass is 492 g/mol. The van der Waals surface area contributed by atoms with Gasteiger partial charge in [-0.1, -0.05) is 35.3 Å². The van der Waals surface area contributed by atoms with Gasteiger partial charge in [-0.15, -0.1) is 0 Å². The van der Waals surface area contributed by atoms with Crippen molar-refractivity contribution in [1.82, 2.24) is 4.98 Å². The minimum Gasteiger partial charge on any atom is -0.261 e. The van der Waals surface area contributed by atoms with Crippen LogP contribution in [0.15, 0.2) is 54.7 Å². The molecule has 2 aromatic carbocycles. The number of nitrogens with one attached hydrogen (secondary N) is 3. The van der Waals surface area contributed by atoms with Crippen LogP contribution in [0, 0.1) is 0 Å². The van der Waals surface area contributed by atoms with Gasteiger partial charge in [0.2, 0.25) is 0 Å². The van der Waals surface area contributed by atoms with Crippen LogP contribution in [-0.4, -0.2) is 18.1 Å². The number of nitrogens with zero attached hydrogens (tertiary/aromatic N) is 1. The van der Waals surface area contributed by atoms with E-state index in [-0.39, 0.29) is 5.92 Å². The van der Waals surface area contributed by atoms with Gasteiger partial charge in [0.05, 0.1) is 34.9 Å². The molecule has 9 heteroatoms. The first-order valence-electron chi connectivity index (χ1n) is 10.6. The summed E-state index contributed by atoms with van der Waals surface area (Å²) >= 11 is 12.3. The number of benzene rings is 2. The van der Waals surface area contributed by atoms with E-state index in [1.54, 1.807) is 24.3 Å². The molecule has 0 atom stereocenters. The topological polar surface area (TPSA) is 47.3 Å². The molecule has 170 valence electrons. The summed E-state index contributed by atoms with van der Waals surface area (Å²) in [6.45, 7) is 1.58. The largest absolute Gasteiger partial charge is 0.416 e. The van der Waals surface area contributed by atoms with Crippen molar-refractivity contribution in [1.29, 1.82) is 0 Å². The molecule has 0 unspecified atom stereocenters. The third kappa shape index (κ3) is 4.39. The van der Waals surface area contributed by atoms with E-state index in [0.29, 0.717) is 10.0 Å². The third-order valence-electron chi connectivity index (χ3n) is 6.20. The summed E-state index contributed by atoms with van der Waals surface area (Å²) in [4.78, 5) is 12.4. The predicted octanol–water partition coefficient (Wildman–Crippen LogP) is 6.17. The summed E-state index contributed by atoms with van der Waals surface area (Å²) in [7, 11) is 0. The van der Waals surface area contributed by atoms with Crippen molar-refractivity contribution in [3.63, 3.8) is 0 Å². The normalized spacial score (nSPS) is 15.4. The maximum atomic E-state index is 12.9. The van der Waals surface area contributed by atoms with Gasteiger partial charge in [-0.05, 0) is 48.6 Å². The summed E-state index contributed by atoms with van der Waals surface area (Å²) in [5.74, 6) is 2.04. The lowest BCUT2D eigenvalue weighted by molar-refractivity contribution is -0.365. The van der Waals surface area contributed by atoms with E-state index < -0.39 is 11.7 Å². The number of aromatic nitrogens is 3. The van der Waals surface area contributed by atoms with E-state index in [1.165, 1.54) is 12.1 Å². The van der Waals surface area contributed by atoms with Gasteiger partial charge in [0.1, 0.15) is 0 Å². The highest BCUT2D eigenvalue weighted by Gasteiger charge is 2.32. The number of aromatic amines is 3. The van der Waals surface area contributed by atoms with Crippen LogP contribution >= 0.6 is 23.2 Å². The summed E-state index contributed by atoms with van der Waals surface area (Å²) in [6, 6.07) is 13.1. The zero-order valence-electron chi connectivity index (χ0n) is 17.4. The van der Waals surface area contributed by atoms with Crippen LogP contribution in [0.25, 0.3) is 22.4 Å². The van der Waals surface area contributed by atoms with Crippen LogP contribution in [-0.2, 0) is 6.18 Å². The zero-order valence-corrected chi connectivity index (χ0v) is 19.0. The van der Waals surface area contributed by atoms with Gasteiger partial charge in [-0.25, -0.2) is 15.0 Å². The van der Waals surface area contributed by atoms with Crippen LogP contribution in [0.1, 0.15) is 29.9 Å². The fourth-order valence-corrected chi connectivity index (χ4v) is 4.79. The predicted molar refractivity (Wildman–Crippen MR) is 122 cm³/mol. The second-order valence-corrected chi connectivity index (χ2v) is 9.06. The summed E-state index contributed by atoms with van der Waals surface area (Å²) < 4.78 is 38.6. The fourth-order valence-electron chi connectivity index (χ4n) is 4.46. The Hall–Kier alpha value is -2.77. The number of alkyl halides is 3. The number of fused-ring (bicyclic) bond motifs is 1. The van der Waals surface area contributed by atoms with Crippen LogP contribution < -0.4 is 14.9 Å². The molecule has 0 bridgehead atoms. The molecule has 1 saturated heterocycles. The van der Waals surface area contributed by atoms with E-state index in [4.69, 9.17) is 23.2 Å². The highest BCUT2D eigenvalue weighted by Crippen LogP contribution is 2.35. The number of piperidine rings is 1. The summed E-state index contributed by atoms with van der Waals surface area (Å²) in [5.41, 5.74) is 3.04. The number of halogens is 5. The molecule has 33 heavy (non-hydrogen) atoms. The van der Waals surface area contributed by atoms with Crippen molar-refractivity contribution < 1.29 is 23.1 Å². The zero-order chi connectivity index (χ0) is 23.2. The van der Waals surface area contributed by atoms with Crippen LogP contribution in [0.5, 0.6) is 0 Å².